The van der Waals surface area contributed by atoms with Gasteiger partial charge in [0, 0.05) is 18.8 Å². The molecule has 228 valence electrons. The van der Waals surface area contributed by atoms with Crippen LogP contribution in [0.4, 0.5) is 0 Å². The van der Waals surface area contributed by atoms with E-state index >= 15 is 0 Å². The lowest BCUT2D eigenvalue weighted by Gasteiger charge is -2.43. The first-order valence-corrected chi connectivity index (χ1v) is 20.9. The quantitative estimate of drug-likeness (QED) is 0.360. The topological polar surface area (TPSA) is 141 Å². The second-order valence-electron chi connectivity index (χ2n) is 13.9. The number of aromatic nitrogens is 2. The van der Waals surface area contributed by atoms with Crippen LogP contribution in [-0.2, 0) is 41.4 Å². The predicted octanol–water partition coefficient (Wildman–Crippen LogP) is 3.32. The van der Waals surface area contributed by atoms with Crippen LogP contribution in [0.3, 0.4) is 0 Å². The monoisotopic (exact) mass is 617 g/mol. The van der Waals surface area contributed by atoms with Crippen molar-refractivity contribution in [1.29, 1.82) is 0 Å². The molecule has 0 saturated carbocycles. The van der Waals surface area contributed by atoms with Crippen LogP contribution in [0.5, 0.6) is 0 Å². The van der Waals surface area contributed by atoms with Crippen molar-refractivity contribution in [2.75, 3.05) is 6.61 Å². The van der Waals surface area contributed by atoms with Crippen LogP contribution in [0, 0.1) is 0 Å². The van der Waals surface area contributed by atoms with Crippen molar-refractivity contribution in [2.45, 2.75) is 115 Å². The third-order valence-electron chi connectivity index (χ3n) is 9.11. The Morgan fingerprint density at radius 1 is 1.05 bits per heavy atom. The van der Waals surface area contributed by atoms with Crippen LogP contribution in [0.25, 0.3) is 0 Å². The zero-order valence-corrected chi connectivity index (χ0v) is 28.8. The van der Waals surface area contributed by atoms with E-state index in [1.54, 1.807) is 0 Å². The molecule has 11 nitrogen and oxygen atoms in total. The lowest BCUT2D eigenvalue weighted by molar-refractivity contribution is -0.0566. The van der Waals surface area contributed by atoms with Gasteiger partial charge in [-0.05, 0) is 42.7 Å². The fourth-order valence-electron chi connectivity index (χ4n) is 4.39. The molecular weight excluding hydrogens is 571 g/mol. The molecular formula is C26H47N3O8SSi2. The molecule has 1 fully saturated rings. The summed E-state index contributed by atoms with van der Waals surface area (Å²) in [6, 6.07) is 0. The Labute approximate surface area is 240 Å². The first-order valence-electron chi connectivity index (χ1n) is 13.6. The van der Waals surface area contributed by atoms with Crippen molar-refractivity contribution < 1.29 is 26.2 Å². The van der Waals surface area contributed by atoms with Crippen molar-refractivity contribution in [1.82, 2.24) is 9.13 Å². The molecule has 40 heavy (non-hydrogen) atoms. The number of aryl methyl sites for hydroxylation is 1. The Kier molecular flexibility index (Phi) is 8.50. The normalized spacial score (nSPS) is 27.4. The first-order chi connectivity index (χ1) is 17.9. The number of nitrogens with zero attached hydrogens (tertiary/aromatic N) is 2. The molecule has 2 N–H and O–H groups in total. The van der Waals surface area contributed by atoms with Gasteiger partial charge >= 0.3 is 5.69 Å². The van der Waals surface area contributed by atoms with Gasteiger partial charge in [0.15, 0.2) is 28.5 Å². The van der Waals surface area contributed by atoms with Crippen molar-refractivity contribution in [3.63, 3.8) is 0 Å². The highest BCUT2D eigenvalue weighted by Crippen LogP contribution is 2.52. The minimum atomic E-state index is -4.19. The Bertz CT molecular complexity index is 1400. The van der Waals surface area contributed by atoms with Crippen LogP contribution in [0.1, 0.15) is 60.3 Å². The van der Waals surface area contributed by atoms with Crippen molar-refractivity contribution in [2.24, 2.45) is 12.8 Å². The summed E-state index contributed by atoms with van der Waals surface area (Å²) in [6.45, 7) is 22.4. The molecule has 3 rings (SSSR count). The lowest BCUT2D eigenvalue weighted by Crippen LogP contribution is -2.59. The summed E-state index contributed by atoms with van der Waals surface area (Å²) in [5.74, 6) is 0. The SMILES string of the molecule is CCc1cn([C@@H]2O[C@H](CO[Si](C)(C)C(C)(C)C)C3(OS(=O)(=O)C=C3N)[C@H]2O[Si](C)(C)C(C)(C)C)c(=O)n(C)c1=O. The second kappa shape index (κ2) is 10.3. The van der Waals surface area contributed by atoms with Crippen LogP contribution in [-0.4, -0.2) is 58.6 Å². The fourth-order valence-corrected chi connectivity index (χ4v) is 7.90. The number of hydrogen-bond donors (Lipinski definition) is 1. The average Bonchev–Trinajstić information content (AvgIpc) is 3.21. The highest BCUT2D eigenvalue weighted by molar-refractivity contribution is 7.90. The molecule has 0 bridgehead atoms. The summed E-state index contributed by atoms with van der Waals surface area (Å²) in [4.78, 5) is 26.2. The van der Waals surface area contributed by atoms with Crippen LogP contribution in [0.2, 0.25) is 36.3 Å². The van der Waals surface area contributed by atoms with Gasteiger partial charge in [-0.15, -0.1) is 0 Å². The van der Waals surface area contributed by atoms with E-state index < -0.39 is 62.0 Å². The second-order valence-corrected chi connectivity index (χ2v) is 24.8. The van der Waals surface area contributed by atoms with E-state index in [4.69, 9.17) is 23.5 Å². The molecule has 1 aromatic heterocycles. The summed E-state index contributed by atoms with van der Waals surface area (Å²) in [6.07, 6.45) is -1.46. The van der Waals surface area contributed by atoms with Gasteiger partial charge in [0.05, 0.1) is 17.7 Å². The van der Waals surface area contributed by atoms with E-state index in [-0.39, 0.29) is 22.4 Å². The Balaban J connectivity index is 2.29. The van der Waals surface area contributed by atoms with Gasteiger partial charge in [-0.3, -0.25) is 13.9 Å². The lowest BCUT2D eigenvalue weighted by atomic mass is 9.89. The largest absolute Gasteiger partial charge is 0.414 e. The molecule has 14 heteroatoms. The molecule has 1 spiro atoms. The smallest absolute Gasteiger partial charge is 0.332 e. The minimum absolute atomic E-state index is 0.0322. The van der Waals surface area contributed by atoms with E-state index in [9.17, 15) is 18.0 Å². The zero-order chi connectivity index (χ0) is 30.9. The molecule has 3 heterocycles. The van der Waals surface area contributed by atoms with Crippen LogP contribution >= 0.6 is 0 Å². The van der Waals surface area contributed by atoms with Gasteiger partial charge in [-0.1, -0.05) is 48.5 Å². The Morgan fingerprint density at radius 3 is 2.05 bits per heavy atom. The third-order valence-corrected chi connectivity index (χ3v) is 19.1. The highest BCUT2D eigenvalue weighted by Gasteiger charge is 2.67. The standard InChI is InChI=1S/C26H47N3O8SSi2/c1-13-17-14-29(23(31)28(8)21(17)30)22-20(36-40(11,12)25(5,6)7)26(18(27)16-38(32,33)37-26)19(35-22)15-34-39(9,10)24(2,3)4/h14,16,19-20,22H,13,15,27H2,1-12H3/t19-,20+,22-,26?/m1/s1. The van der Waals surface area contributed by atoms with Crippen LogP contribution in [0.15, 0.2) is 26.9 Å². The summed E-state index contributed by atoms with van der Waals surface area (Å²) < 4.78 is 53.8. The third kappa shape index (κ3) is 5.60. The Morgan fingerprint density at radius 2 is 1.60 bits per heavy atom. The van der Waals surface area contributed by atoms with Gasteiger partial charge in [0.2, 0.25) is 0 Å². The summed E-state index contributed by atoms with van der Waals surface area (Å²) in [7, 11) is -7.77. The maximum Gasteiger partial charge on any atom is 0.332 e. The number of hydrogen-bond acceptors (Lipinski definition) is 9. The van der Waals surface area contributed by atoms with Crippen molar-refractivity contribution >= 4 is 26.8 Å². The predicted molar refractivity (Wildman–Crippen MR) is 159 cm³/mol. The zero-order valence-electron chi connectivity index (χ0n) is 25.9. The summed E-state index contributed by atoms with van der Waals surface area (Å²) >= 11 is 0. The summed E-state index contributed by atoms with van der Waals surface area (Å²) in [5, 5.41) is 0.471. The van der Waals surface area contributed by atoms with E-state index in [1.165, 1.54) is 17.8 Å². The van der Waals surface area contributed by atoms with E-state index in [0.717, 1.165) is 9.98 Å². The molecule has 0 aromatic carbocycles. The molecule has 1 aromatic rings. The van der Waals surface area contributed by atoms with Crippen molar-refractivity contribution in [3.05, 3.63) is 43.7 Å². The molecule has 0 aliphatic carbocycles. The number of rotatable bonds is 7. The molecule has 0 amide bonds. The molecule has 4 atom stereocenters. The molecule has 2 aliphatic rings. The van der Waals surface area contributed by atoms with Gasteiger partial charge in [-0.2, -0.15) is 8.42 Å². The molecule has 1 saturated heterocycles. The highest BCUT2D eigenvalue weighted by atomic mass is 32.2. The van der Waals surface area contributed by atoms with Gasteiger partial charge in [0.1, 0.15) is 12.2 Å². The number of nitrogens with two attached hydrogens (primary N) is 1. The summed E-state index contributed by atoms with van der Waals surface area (Å²) in [5.41, 5.74) is 4.02. The van der Waals surface area contributed by atoms with Crippen LogP contribution < -0.4 is 17.0 Å². The van der Waals surface area contributed by atoms with E-state index in [0.29, 0.717) is 12.0 Å². The van der Waals surface area contributed by atoms with E-state index in [2.05, 4.69) is 33.9 Å². The Hall–Kier alpha value is -1.56. The minimum Gasteiger partial charge on any atom is -0.414 e. The van der Waals surface area contributed by atoms with Gasteiger partial charge < -0.3 is 19.3 Å². The van der Waals surface area contributed by atoms with Gasteiger partial charge in [-0.25, -0.2) is 8.98 Å². The molecule has 0 radical (unpaired) electrons. The van der Waals surface area contributed by atoms with Gasteiger partial charge in [0.25, 0.3) is 15.7 Å². The van der Waals surface area contributed by atoms with E-state index in [1.807, 2.05) is 40.8 Å². The maximum atomic E-state index is 13.5. The average molecular weight is 618 g/mol. The van der Waals surface area contributed by atoms with Crippen molar-refractivity contribution in [3.8, 4) is 0 Å². The molecule has 2 aliphatic heterocycles. The first kappa shape index (κ1) is 33.0. The molecule has 1 unspecified atom stereocenters. The number of ether oxygens (including phenoxy) is 1. The maximum absolute atomic E-state index is 13.5. The fraction of sp³-hybridized carbons (Fsp3) is 0.769.